The maximum atomic E-state index is 12.6. The molecule has 2 saturated heterocycles. The van der Waals surface area contributed by atoms with Crippen LogP contribution >= 0.6 is 0 Å². The van der Waals surface area contributed by atoms with Gasteiger partial charge in [0.15, 0.2) is 0 Å². The molecule has 5 heteroatoms. The van der Waals surface area contributed by atoms with Gasteiger partial charge >= 0.3 is 11.9 Å². The molecule has 2 saturated carbocycles. The number of allylic oxidation sites excluding steroid dienone is 2. The fourth-order valence-electron chi connectivity index (χ4n) is 6.81. The molecule has 0 amide bonds. The molecule has 0 radical (unpaired) electrons. The largest absolute Gasteiger partial charge is 0.438 e. The van der Waals surface area contributed by atoms with E-state index < -0.39 is 0 Å². The van der Waals surface area contributed by atoms with Crippen LogP contribution in [0.5, 0.6) is 0 Å². The number of ether oxygens (including phenoxy) is 1. The Kier molecular flexibility index (Phi) is 3.45. The Hall–Kier alpha value is -1.10. The summed E-state index contributed by atoms with van der Waals surface area (Å²) in [6, 6.07) is 0. The van der Waals surface area contributed by atoms with Crippen LogP contribution < -0.4 is 0 Å². The Bertz CT molecular complexity index is 627. The zero-order valence-electron chi connectivity index (χ0n) is 14.3. The molecule has 128 valence electrons. The van der Waals surface area contributed by atoms with Crippen molar-refractivity contribution in [3.05, 3.63) is 11.1 Å². The summed E-state index contributed by atoms with van der Waals surface area (Å²) in [5, 5.41) is 0. The predicted molar refractivity (Wildman–Crippen MR) is 89.1 cm³/mol. The molecule has 5 rings (SSSR count). The third-order valence-corrected chi connectivity index (χ3v) is 7.57. The van der Waals surface area contributed by atoms with E-state index in [-0.39, 0.29) is 35.6 Å². The summed E-state index contributed by atoms with van der Waals surface area (Å²) in [5.74, 6) is 0.823. The van der Waals surface area contributed by atoms with Gasteiger partial charge in [0.25, 0.3) is 6.92 Å². The lowest BCUT2D eigenvalue weighted by Gasteiger charge is -2.51. The minimum atomic E-state index is -0.241. The van der Waals surface area contributed by atoms with Crippen molar-refractivity contribution >= 4 is 18.9 Å². The first-order valence-electron chi connectivity index (χ1n) is 9.67. The monoisotopic (exact) mass is 328 g/mol. The fourth-order valence-corrected chi connectivity index (χ4v) is 6.81. The van der Waals surface area contributed by atoms with Gasteiger partial charge in [0.1, 0.15) is 0 Å². The van der Waals surface area contributed by atoms with Crippen molar-refractivity contribution < 1.29 is 19.0 Å². The van der Waals surface area contributed by atoms with Gasteiger partial charge in [0, 0.05) is 7.11 Å². The number of carbonyl (C=O) groups excluding carboxylic acids is 2. The van der Waals surface area contributed by atoms with Gasteiger partial charge in [-0.1, -0.05) is 17.6 Å². The van der Waals surface area contributed by atoms with E-state index in [0.717, 1.165) is 31.9 Å². The number of esters is 2. The van der Waals surface area contributed by atoms with Crippen molar-refractivity contribution in [3.8, 4) is 0 Å². The lowest BCUT2D eigenvalue weighted by molar-refractivity contribution is -0.154. The van der Waals surface area contributed by atoms with Gasteiger partial charge in [-0.05, 0) is 68.4 Å². The average molecular weight is 328 g/mol. The van der Waals surface area contributed by atoms with Crippen LogP contribution in [0.1, 0.15) is 38.5 Å². The molecule has 3 aliphatic carbocycles. The summed E-state index contributed by atoms with van der Waals surface area (Å²) < 4.78 is 10.8. The van der Waals surface area contributed by atoms with E-state index >= 15 is 0 Å². The van der Waals surface area contributed by atoms with Crippen molar-refractivity contribution in [2.45, 2.75) is 51.2 Å². The van der Waals surface area contributed by atoms with Crippen LogP contribution in [0.15, 0.2) is 11.1 Å². The summed E-state index contributed by atoms with van der Waals surface area (Å²) >= 11 is 0. The highest BCUT2D eigenvalue weighted by Crippen LogP contribution is 2.60. The van der Waals surface area contributed by atoms with Crippen LogP contribution in [0, 0.1) is 35.5 Å². The number of carbonyl (C=O) groups is 2. The molecule has 2 bridgehead atoms. The molecule has 0 spiro atoms. The fraction of sp³-hybridized carbons (Fsp3) is 0.789. The maximum Gasteiger partial charge on any atom is 0.318 e. The van der Waals surface area contributed by atoms with E-state index in [4.69, 9.17) is 9.39 Å². The van der Waals surface area contributed by atoms with Crippen molar-refractivity contribution in [1.82, 2.24) is 0 Å². The Balaban J connectivity index is 1.61. The molecule has 5 aliphatic rings. The lowest BCUT2D eigenvalue weighted by Crippen LogP contribution is -2.48. The number of hydrogen-bond donors (Lipinski definition) is 0. The Morgan fingerprint density at radius 3 is 2.71 bits per heavy atom. The van der Waals surface area contributed by atoms with E-state index in [0.29, 0.717) is 18.8 Å². The van der Waals surface area contributed by atoms with Crippen molar-refractivity contribution in [2.75, 3.05) is 7.11 Å². The highest BCUT2D eigenvalue weighted by molar-refractivity contribution is 6.52. The van der Waals surface area contributed by atoms with Crippen LogP contribution in [0.3, 0.4) is 0 Å². The molecule has 2 aliphatic heterocycles. The van der Waals surface area contributed by atoms with Gasteiger partial charge in [0.2, 0.25) is 0 Å². The van der Waals surface area contributed by atoms with Gasteiger partial charge in [0.05, 0.1) is 11.8 Å². The molecule has 2 heterocycles. The first-order valence-corrected chi connectivity index (χ1v) is 9.67. The lowest BCUT2D eigenvalue weighted by atomic mass is 9.42. The molecular formula is C19H25BO4. The topological polar surface area (TPSA) is 52.6 Å². The standard InChI is InChI=1S/C19H25BO4/c1-23-20-8-10-6-11(9-20)15-14(7-10)12-4-2-3-5-13(12)16-17(15)19(22)24-18(16)21/h10-11,13,15-17H,2-9H2,1H3/t10-,11-,13+,15-,16+,17+/m1/s1. The first kappa shape index (κ1) is 15.2. The van der Waals surface area contributed by atoms with Crippen LogP contribution in [0.2, 0.25) is 12.6 Å². The minimum absolute atomic E-state index is 0.193. The third kappa shape index (κ3) is 2.03. The maximum absolute atomic E-state index is 12.6. The third-order valence-electron chi connectivity index (χ3n) is 7.57. The van der Waals surface area contributed by atoms with Crippen LogP contribution in [-0.2, 0) is 19.0 Å². The van der Waals surface area contributed by atoms with E-state index in [1.165, 1.54) is 19.3 Å². The van der Waals surface area contributed by atoms with Gasteiger partial charge < -0.3 is 9.39 Å². The molecule has 0 N–H and O–H groups in total. The molecule has 4 nitrogen and oxygen atoms in total. The smallest absolute Gasteiger partial charge is 0.318 e. The number of hydrogen-bond acceptors (Lipinski definition) is 4. The summed E-state index contributed by atoms with van der Waals surface area (Å²) in [6.07, 6.45) is 9.10. The van der Waals surface area contributed by atoms with Gasteiger partial charge in [-0.3, -0.25) is 9.59 Å². The van der Waals surface area contributed by atoms with Crippen molar-refractivity contribution in [3.63, 3.8) is 0 Å². The molecule has 0 aromatic rings. The Morgan fingerprint density at radius 1 is 1.04 bits per heavy atom. The van der Waals surface area contributed by atoms with Crippen LogP contribution in [-0.4, -0.2) is 26.0 Å². The molecule has 0 unspecified atom stereocenters. The Morgan fingerprint density at radius 2 is 1.88 bits per heavy atom. The normalized spacial score (nSPS) is 44.0. The van der Waals surface area contributed by atoms with Crippen LogP contribution in [0.25, 0.3) is 0 Å². The summed E-state index contributed by atoms with van der Waals surface area (Å²) in [5.41, 5.74) is 3.10. The molecular weight excluding hydrogens is 303 g/mol. The highest BCUT2D eigenvalue weighted by atomic mass is 16.6. The van der Waals surface area contributed by atoms with E-state index in [1.54, 1.807) is 18.3 Å². The van der Waals surface area contributed by atoms with Crippen molar-refractivity contribution in [1.29, 1.82) is 0 Å². The van der Waals surface area contributed by atoms with E-state index in [1.807, 2.05) is 0 Å². The van der Waals surface area contributed by atoms with Crippen LogP contribution in [0.4, 0.5) is 0 Å². The SMILES string of the molecule is COB1C[C@H]2CC3=C4CCCC[C@@H]4[C@@H]4C(=O)OC(=O)[C@H]4[C@@H]3[C@@H](C1)C2. The summed E-state index contributed by atoms with van der Waals surface area (Å²) in [7, 11) is 1.80. The molecule has 0 aromatic carbocycles. The summed E-state index contributed by atoms with van der Waals surface area (Å²) in [4.78, 5) is 25.0. The zero-order chi connectivity index (χ0) is 16.4. The number of fused-ring (bicyclic) bond motifs is 8. The van der Waals surface area contributed by atoms with Crippen molar-refractivity contribution in [2.24, 2.45) is 35.5 Å². The molecule has 6 atom stereocenters. The average Bonchev–Trinajstić information content (AvgIpc) is 2.89. The first-order chi connectivity index (χ1) is 11.7. The zero-order valence-corrected chi connectivity index (χ0v) is 14.3. The van der Waals surface area contributed by atoms with Gasteiger partial charge in [-0.15, -0.1) is 0 Å². The summed E-state index contributed by atoms with van der Waals surface area (Å²) in [6.45, 7) is 0.316. The number of rotatable bonds is 1. The highest BCUT2D eigenvalue weighted by Gasteiger charge is 2.60. The predicted octanol–water partition coefficient (Wildman–Crippen LogP) is 3.10. The second kappa shape index (κ2) is 5.45. The van der Waals surface area contributed by atoms with E-state index in [2.05, 4.69) is 0 Å². The number of cyclic esters (lactones) is 2. The minimum Gasteiger partial charge on any atom is -0.438 e. The quantitative estimate of drug-likeness (QED) is 0.321. The van der Waals surface area contributed by atoms with Gasteiger partial charge in [-0.2, -0.15) is 0 Å². The second-order valence-corrected chi connectivity index (χ2v) is 8.62. The Labute approximate surface area is 143 Å². The van der Waals surface area contributed by atoms with E-state index in [9.17, 15) is 9.59 Å². The van der Waals surface area contributed by atoms with Gasteiger partial charge in [-0.25, -0.2) is 0 Å². The molecule has 4 fully saturated rings. The molecule has 24 heavy (non-hydrogen) atoms. The molecule has 0 aromatic heterocycles. The second-order valence-electron chi connectivity index (χ2n) is 8.62.